The lowest BCUT2D eigenvalue weighted by Gasteiger charge is -2.14. The molecule has 1 N–H and O–H groups in total. The zero-order chi connectivity index (χ0) is 12.8. The molecule has 94 valence electrons. The number of benzene rings is 1. The van der Waals surface area contributed by atoms with Crippen molar-refractivity contribution in [1.82, 2.24) is 4.98 Å². The Kier molecular flexibility index (Phi) is 4.35. The Morgan fingerprint density at radius 1 is 1.11 bits per heavy atom. The van der Waals surface area contributed by atoms with Crippen LogP contribution in [0.1, 0.15) is 37.6 Å². The lowest BCUT2D eigenvalue weighted by Crippen LogP contribution is -2.08. The fraction of sp³-hybridized carbons (Fsp3) is 0.312. The lowest BCUT2D eigenvalue weighted by molar-refractivity contribution is 0.839. The molecule has 0 aliphatic heterocycles. The minimum Gasteiger partial charge on any atom is -0.377 e. The van der Waals surface area contributed by atoms with Gasteiger partial charge in [-0.3, -0.25) is 4.98 Å². The van der Waals surface area contributed by atoms with Crippen LogP contribution in [0.3, 0.4) is 0 Å². The van der Waals surface area contributed by atoms with Gasteiger partial charge in [0.15, 0.2) is 0 Å². The molecule has 2 nitrogen and oxygen atoms in total. The van der Waals surface area contributed by atoms with Crippen LogP contribution in [0.25, 0.3) is 0 Å². The first-order valence-corrected chi connectivity index (χ1v) is 6.56. The molecule has 1 aromatic heterocycles. The summed E-state index contributed by atoms with van der Waals surface area (Å²) in [5, 5.41) is 3.46. The predicted octanol–water partition coefficient (Wildman–Crippen LogP) is 4.21. The van der Waals surface area contributed by atoms with Crippen LogP contribution in [0, 0.1) is 0 Å². The number of aromatic nitrogens is 1. The van der Waals surface area contributed by atoms with Crippen LogP contribution in [0.2, 0.25) is 0 Å². The molecule has 1 heterocycles. The first-order chi connectivity index (χ1) is 8.79. The van der Waals surface area contributed by atoms with Crippen LogP contribution < -0.4 is 5.32 Å². The smallest absolute Gasteiger partial charge is 0.0657 e. The number of hydrogen-bond acceptors (Lipinski definition) is 2. The summed E-state index contributed by atoms with van der Waals surface area (Å²) in [7, 11) is 0. The molecule has 18 heavy (non-hydrogen) atoms. The summed E-state index contributed by atoms with van der Waals surface area (Å²) in [5.41, 5.74) is 3.61. The Bertz CT molecular complexity index is 462. The second-order valence-electron chi connectivity index (χ2n) is 4.57. The summed E-state index contributed by atoms with van der Waals surface area (Å²) in [5.74, 6) is 0. The molecule has 0 fully saturated rings. The highest BCUT2D eigenvalue weighted by atomic mass is 14.9. The van der Waals surface area contributed by atoms with Gasteiger partial charge in [-0.05, 0) is 43.2 Å². The SMILES string of the molecule is CCCc1ccc(NC(C)c2ccccn2)cc1. The van der Waals surface area contributed by atoms with Crippen molar-refractivity contribution >= 4 is 5.69 Å². The Morgan fingerprint density at radius 3 is 2.50 bits per heavy atom. The number of nitrogens with one attached hydrogen (secondary N) is 1. The standard InChI is InChI=1S/C16H20N2/c1-3-6-14-8-10-15(11-9-14)18-13(2)16-7-4-5-12-17-16/h4-5,7-13,18H,3,6H2,1-2H3. The number of rotatable bonds is 5. The van der Waals surface area contributed by atoms with E-state index in [2.05, 4.69) is 48.4 Å². The topological polar surface area (TPSA) is 24.9 Å². The number of aryl methyl sites for hydroxylation is 1. The minimum atomic E-state index is 0.225. The second kappa shape index (κ2) is 6.20. The maximum atomic E-state index is 4.36. The summed E-state index contributed by atoms with van der Waals surface area (Å²) in [6.45, 7) is 4.33. The van der Waals surface area contributed by atoms with Crippen LogP contribution in [-0.4, -0.2) is 4.98 Å². The maximum absolute atomic E-state index is 4.36. The third kappa shape index (κ3) is 3.33. The fourth-order valence-corrected chi connectivity index (χ4v) is 2.01. The van der Waals surface area contributed by atoms with Crippen molar-refractivity contribution < 1.29 is 0 Å². The van der Waals surface area contributed by atoms with Crippen molar-refractivity contribution in [3.63, 3.8) is 0 Å². The van der Waals surface area contributed by atoms with Crippen molar-refractivity contribution in [2.24, 2.45) is 0 Å². The molecule has 0 saturated heterocycles. The zero-order valence-electron chi connectivity index (χ0n) is 11.1. The molecule has 0 bridgehead atoms. The van der Waals surface area contributed by atoms with Crippen LogP contribution in [0.5, 0.6) is 0 Å². The van der Waals surface area contributed by atoms with E-state index in [1.807, 2.05) is 24.4 Å². The van der Waals surface area contributed by atoms with Gasteiger partial charge in [-0.1, -0.05) is 31.5 Å². The van der Waals surface area contributed by atoms with Crippen LogP contribution in [-0.2, 0) is 6.42 Å². The Labute approximate surface area is 109 Å². The van der Waals surface area contributed by atoms with Gasteiger partial charge in [-0.15, -0.1) is 0 Å². The van der Waals surface area contributed by atoms with E-state index in [0.717, 1.165) is 17.8 Å². The van der Waals surface area contributed by atoms with Gasteiger partial charge in [0.25, 0.3) is 0 Å². The summed E-state index contributed by atoms with van der Waals surface area (Å²) < 4.78 is 0. The van der Waals surface area contributed by atoms with Crippen molar-refractivity contribution in [2.45, 2.75) is 32.7 Å². The van der Waals surface area contributed by atoms with E-state index in [4.69, 9.17) is 0 Å². The molecular formula is C16H20N2. The summed E-state index contributed by atoms with van der Waals surface area (Å²) >= 11 is 0. The Hall–Kier alpha value is -1.83. The molecule has 0 aliphatic carbocycles. The van der Waals surface area contributed by atoms with Gasteiger partial charge in [0.2, 0.25) is 0 Å². The van der Waals surface area contributed by atoms with E-state index >= 15 is 0 Å². The molecule has 0 radical (unpaired) electrons. The van der Waals surface area contributed by atoms with E-state index in [-0.39, 0.29) is 6.04 Å². The quantitative estimate of drug-likeness (QED) is 0.847. The Morgan fingerprint density at radius 2 is 1.89 bits per heavy atom. The van der Waals surface area contributed by atoms with E-state index in [1.54, 1.807) is 0 Å². The number of pyridine rings is 1. The zero-order valence-corrected chi connectivity index (χ0v) is 11.1. The van der Waals surface area contributed by atoms with Gasteiger partial charge in [0, 0.05) is 11.9 Å². The van der Waals surface area contributed by atoms with Crippen LogP contribution in [0.15, 0.2) is 48.7 Å². The van der Waals surface area contributed by atoms with Crippen LogP contribution in [0.4, 0.5) is 5.69 Å². The van der Waals surface area contributed by atoms with Crippen molar-refractivity contribution in [2.75, 3.05) is 5.32 Å². The van der Waals surface area contributed by atoms with E-state index in [9.17, 15) is 0 Å². The van der Waals surface area contributed by atoms with Gasteiger partial charge >= 0.3 is 0 Å². The first kappa shape index (κ1) is 12.6. The highest BCUT2D eigenvalue weighted by Gasteiger charge is 2.05. The average molecular weight is 240 g/mol. The normalized spacial score (nSPS) is 12.1. The third-order valence-corrected chi connectivity index (χ3v) is 3.01. The lowest BCUT2D eigenvalue weighted by atomic mass is 10.1. The highest BCUT2D eigenvalue weighted by Crippen LogP contribution is 2.18. The summed E-state index contributed by atoms with van der Waals surface area (Å²) in [4.78, 5) is 4.36. The van der Waals surface area contributed by atoms with E-state index in [0.29, 0.717) is 0 Å². The molecule has 1 aromatic carbocycles. The molecular weight excluding hydrogens is 220 g/mol. The second-order valence-corrected chi connectivity index (χ2v) is 4.57. The van der Waals surface area contributed by atoms with Gasteiger partial charge in [-0.2, -0.15) is 0 Å². The van der Waals surface area contributed by atoms with Gasteiger partial charge in [0.1, 0.15) is 0 Å². The van der Waals surface area contributed by atoms with Crippen molar-refractivity contribution in [3.05, 3.63) is 59.9 Å². The predicted molar refractivity (Wildman–Crippen MR) is 76.7 cm³/mol. The van der Waals surface area contributed by atoms with Crippen molar-refractivity contribution in [3.8, 4) is 0 Å². The summed E-state index contributed by atoms with van der Waals surface area (Å²) in [6.07, 6.45) is 4.17. The molecule has 1 unspecified atom stereocenters. The molecule has 0 saturated carbocycles. The third-order valence-electron chi connectivity index (χ3n) is 3.01. The fourth-order valence-electron chi connectivity index (χ4n) is 2.01. The number of hydrogen-bond donors (Lipinski definition) is 1. The molecule has 0 amide bonds. The first-order valence-electron chi connectivity index (χ1n) is 6.56. The van der Waals surface area contributed by atoms with Gasteiger partial charge in [-0.25, -0.2) is 0 Å². The number of anilines is 1. The maximum Gasteiger partial charge on any atom is 0.0657 e. The highest BCUT2D eigenvalue weighted by molar-refractivity contribution is 5.46. The Balaban J connectivity index is 2.01. The molecule has 1 atom stereocenters. The average Bonchev–Trinajstić information content (AvgIpc) is 2.42. The van der Waals surface area contributed by atoms with Gasteiger partial charge in [0.05, 0.1) is 11.7 Å². The minimum absolute atomic E-state index is 0.225. The molecule has 0 spiro atoms. The van der Waals surface area contributed by atoms with E-state index in [1.165, 1.54) is 12.0 Å². The summed E-state index contributed by atoms with van der Waals surface area (Å²) in [6, 6.07) is 14.9. The van der Waals surface area contributed by atoms with Crippen LogP contribution >= 0.6 is 0 Å². The number of nitrogens with zero attached hydrogens (tertiary/aromatic N) is 1. The van der Waals surface area contributed by atoms with Gasteiger partial charge < -0.3 is 5.32 Å². The molecule has 0 aliphatic rings. The largest absolute Gasteiger partial charge is 0.377 e. The van der Waals surface area contributed by atoms with E-state index < -0.39 is 0 Å². The van der Waals surface area contributed by atoms with Crippen molar-refractivity contribution in [1.29, 1.82) is 0 Å². The monoisotopic (exact) mass is 240 g/mol. The molecule has 2 rings (SSSR count). The molecule has 2 aromatic rings. The molecule has 2 heteroatoms.